The predicted molar refractivity (Wildman–Crippen MR) is 129 cm³/mol. The highest BCUT2D eigenvalue weighted by Crippen LogP contribution is 2.48. The van der Waals surface area contributed by atoms with Gasteiger partial charge in [0, 0.05) is 42.4 Å². The van der Waals surface area contributed by atoms with Crippen LogP contribution >= 0.6 is 0 Å². The summed E-state index contributed by atoms with van der Waals surface area (Å²) in [6.45, 7) is 3.09. The maximum atomic E-state index is 14.8. The number of hydrogen-bond acceptors (Lipinski definition) is 4. The zero-order valence-electron chi connectivity index (χ0n) is 19.5. The summed E-state index contributed by atoms with van der Waals surface area (Å²) in [5, 5.41) is 9.26. The molecule has 6 nitrogen and oxygen atoms in total. The van der Waals surface area contributed by atoms with Crippen LogP contribution in [0.2, 0.25) is 0 Å². The normalized spacial score (nSPS) is 18.6. The van der Waals surface area contributed by atoms with Crippen LogP contribution in [0, 0.1) is 11.7 Å². The second kappa shape index (κ2) is 9.49. The fraction of sp³-hybridized carbons (Fsp3) is 0.321. The highest BCUT2D eigenvalue weighted by Gasteiger charge is 2.47. The molecule has 0 spiro atoms. The number of nitrogens with zero attached hydrogens (tertiary/aromatic N) is 2. The van der Waals surface area contributed by atoms with Gasteiger partial charge in [0.05, 0.1) is 13.0 Å². The Labute approximate surface area is 203 Å². The lowest BCUT2D eigenvalue weighted by Gasteiger charge is -2.31. The molecule has 2 heterocycles. The molecule has 1 aromatic heterocycles. The number of amides is 1. The molecule has 1 amide bonds. The average Bonchev–Trinajstić information content (AvgIpc) is 3.66. The average molecular weight is 475 g/mol. The summed E-state index contributed by atoms with van der Waals surface area (Å²) in [5.74, 6) is -0.489. The van der Waals surface area contributed by atoms with Crippen LogP contribution in [0.3, 0.4) is 0 Å². The number of aliphatic carboxylic acids is 1. The lowest BCUT2D eigenvalue weighted by molar-refractivity contribution is -0.136. The molecule has 0 bridgehead atoms. The van der Waals surface area contributed by atoms with Crippen LogP contribution in [0.4, 0.5) is 4.39 Å². The van der Waals surface area contributed by atoms with E-state index < -0.39 is 5.97 Å². The van der Waals surface area contributed by atoms with E-state index in [4.69, 9.17) is 4.74 Å². The number of carboxylic acids is 1. The van der Waals surface area contributed by atoms with Crippen molar-refractivity contribution in [2.24, 2.45) is 5.92 Å². The molecule has 180 valence electrons. The maximum absolute atomic E-state index is 14.8. The summed E-state index contributed by atoms with van der Waals surface area (Å²) in [7, 11) is 0. The van der Waals surface area contributed by atoms with Gasteiger partial charge in [0.15, 0.2) is 0 Å². The second-order valence-corrected chi connectivity index (χ2v) is 9.10. The topological polar surface area (TPSA) is 79.7 Å². The molecular formula is C28H27FN2O4. The van der Waals surface area contributed by atoms with Crippen LogP contribution < -0.4 is 4.74 Å². The highest BCUT2D eigenvalue weighted by molar-refractivity contribution is 5.84. The Balaban J connectivity index is 1.47. The first-order valence-corrected chi connectivity index (χ1v) is 11.9. The van der Waals surface area contributed by atoms with Gasteiger partial charge in [0.2, 0.25) is 5.91 Å². The van der Waals surface area contributed by atoms with Gasteiger partial charge in [-0.15, -0.1) is 0 Å². The number of ether oxygens (including phenoxy) is 1. The third-order valence-electron chi connectivity index (χ3n) is 6.83. The van der Waals surface area contributed by atoms with E-state index in [-0.39, 0.29) is 30.0 Å². The molecule has 5 rings (SSSR count). The summed E-state index contributed by atoms with van der Waals surface area (Å²) in [6, 6.07) is 14.2. The first-order valence-electron chi connectivity index (χ1n) is 11.9. The van der Waals surface area contributed by atoms with E-state index in [1.165, 1.54) is 6.07 Å². The highest BCUT2D eigenvalue weighted by atomic mass is 19.1. The number of benzene rings is 2. The molecule has 1 aliphatic heterocycles. The molecule has 2 aliphatic rings. The van der Waals surface area contributed by atoms with E-state index in [1.54, 1.807) is 30.5 Å². The van der Waals surface area contributed by atoms with Gasteiger partial charge in [-0.1, -0.05) is 18.2 Å². The number of carbonyl (C=O) groups excluding carboxylic acids is 1. The van der Waals surface area contributed by atoms with Crippen molar-refractivity contribution in [3.8, 4) is 16.9 Å². The molecule has 2 unspecified atom stereocenters. The molecule has 2 atom stereocenters. The number of aromatic nitrogens is 1. The van der Waals surface area contributed by atoms with E-state index in [9.17, 15) is 19.1 Å². The summed E-state index contributed by atoms with van der Waals surface area (Å²) in [5.41, 5.74) is 4.42. The number of hydrogen-bond donors (Lipinski definition) is 1. The van der Waals surface area contributed by atoms with Crippen molar-refractivity contribution >= 4 is 11.9 Å². The molecule has 2 aromatic carbocycles. The van der Waals surface area contributed by atoms with Crippen LogP contribution in [-0.2, 0) is 29.0 Å². The van der Waals surface area contributed by atoms with Gasteiger partial charge in [-0.2, -0.15) is 0 Å². The largest absolute Gasteiger partial charge is 0.493 e. The number of halogens is 1. The van der Waals surface area contributed by atoms with Gasteiger partial charge in [-0.3, -0.25) is 14.6 Å². The first kappa shape index (κ1) is 23.0. The Hall–Kier alpha value is -3.74. The Morgan fingerprint density at radius 1 is 1.14 bits per heavy atom. The van der Waals surface area contributed by atoms with E-state index in [1.807, 2.05) is 30.0 Å². The number of carbonyl (C=O) groups is 2. The molecule has 1 aliphatic carbocycles. The van der Waals surface area contributed by atoms with Crippen molar-refractivity contribution < 1.29 is 23.8 Å². The number of pyridine rings is 1. The van der Waals surface area contributed by atoms with E-state index in [2.05, 4.69) is 4.98 Å². The van der Waals surface area contributed by atoms with Gasteiger partial charge < -0.3 is 14.7 Å². The maximum Gasteiger partial charge on any atom is 0.307 e. The lowest BCUT2D eigenvalue weighted by atomic mass is 9.89. The summed E-state index contributed by atoms with van der Waals surface area (Å²) in [6.07, 6.45) is 2.83. The van der Waals surface area contributed by atoms with E-state index >= 15 is 0 Å². The standard InChI is InChI=1S/C28H27FN2O4/c1-2-35-26-9-6-17(14-27(32)33)13-21(26)18-7-8-24(29)19-10-12-31(16-23(18)19)28(34)22-15-20(22)25-5-3-4-11-30-25/h3-9,11,13,20,22H,2,10,12,14-16H2,1H3,(H,32,33). The summed E-state index contributed by atoms with van der Waals surface area (Å²) < 4.78 is 20.7. The van der Waals surface area contributed by atoms with Crippen molar-refractivity contribution in [3.63, 3.8) is 0 Å². The Bertz CT molecular complexity index is 1280. The van der Waals surface area contributed by atoms with Crippen LogP contribution in [0.5, 0.6) is 5.75 Å². The van der Waals surface area contributed by atoms with Crippen molar-refractivity contribution in [2.45, 2.75) is 38.6 Å². The summed E-state index contributed by atoms with van der Waals surface area (Å²) >= 11 is 0. The molecular weight excluding hydrogens is 447 g/mol. The Kier molecular flexibility index (Phi) is 6.24. The van der Waals surface area contributed by atoms with Gasteiger partial charge in [0.25, 0.3) is 0 Å². The van der Waals surface area contributed by atoms with Crippen LogP contribution in [-0.4, -0.2) is 40.0 Å². The van der Waals surface area contributed by atoms with Crippen molar-refractivity contribution in [1.29, 1.82) is 0 Å². The minimum atomic E-state index is -0.926. The molecule has 7 heteroatoms. The quantitative estimate of drug-likeness (QED) is 0.541. The molecule has 1 saturated carbocycles. The first-order chi connectivity index (χ1) is 17.0. The molecule has 35 heavy (non-hydrogen) atoms. The molecule has 0 radical (unpaired) electrons. The number of carboxylic acid groups (broad SMARTS) is 1. The van der Waals surface area contributed by atoms with E-state index in [0.717, 1.165) is 23.2 Å². The molecule has 1 N–H and O–H groups in total. The van der Waals surface area contributed by atoms with Crippen molar-refractivity contribution in [3.05, 3.63) is 82.9 Å². The van der Waals surface area contributed by atoms with Gasteiger partial charge in [-0.25, -0.2) is 4.39 Å². The number of fused-ring (bicyclic) bond motifs is 1. The smallest absolute Gasteiger partial charge is 0.307 e. The van der Waals surface area contributed by atoms with Crippen LogP contribution in [0.15, 0.2) is 54.7 Å². The minimum absolute atomic E-state index is 0.0752. The molecule has 3 aromatic rings. The zero-order chi connectivity index (χ0) is 24.5. The lowest BCUT2D eigenvalue weighted by Crippen LogP contribution is -2.37. The van der Waals surface area contributed by atoms with Gasteiger partial charge >= 0.3 is 5.97 Å². The second-order valence-electron chi connectivity index (χ2n) is 9.10. The molecule has 1 fully saturated rings. The molecule has 0 saturated heterocycles. The van der Waals surface area contributed by atoms with Gasteiger partial charge in [-0.05, 0) is 72.4 Å². The SMILES string of the molecule is CCOc1ccc(CC(=O)O)cc1-c1ccc(F)c2c1CN(C(=O)C1CC1c1ccccn1)CC2. The van der Waals surface area contributed by atoms with Crippen molar-refractivity contribution in [1.82, 2.24) is 9.88 Å². The van der Waals surface area contributed by atoms with Crippen LogP contribution in [0.25, 0.3) is 11.1 Å². The summed E-state index contributed by atoms with van der Waals surface area (Å²) in [4.78, 5) is 30.9. The Morgan fingerprint density at radius 3 is 2.74 bits per heavy atom. The third kappa shape index (κ3) is 4.63. The van der Waals surface area contributed by atoms with Crippen molar-refractivity contribution in [2.75, 3.05) is 13.2 Å². The fourth-order valence-electron chi connectivity index (χ4n) is 5.05. The van der Waals surface area contributed by atoms with E-state index in [0.29, 0.717) is 48.6 Å². The third-order valence-corrected chi connectivity index (χ3v) is 6.83. The number of rotatable bonds is 7. The van der Waals surface area contributed by atoms with Crippen LogP contribution in [0.1, 0.15) is 41.6 Å². The Morgan fingerprint density at radius 2 is 2.00 bits per heavy atom. The predicted octanol–water partition coefficient (Wildman–Crippen LogP) is 4.60. The van der Waals surface area contributed by atoms with Gasteiger partial charge in [0.1, 0.15) is 11.6 Å². The minimum Gasteiger partial charge on any atom is -0.493 e. The fourth-order valence-corrected chi connectivity index (χ4v) is 5.05. The zero-order valence-corrected chi connectivity index (χ0v) is 19.5. The monoisotopic (exact) mass is 474 g/mol.